The molecule has 1 atom stereocenters. The van der Waals surface area contributed by atoms with Gasteiger partial charge in [0, 0.05) is 0 Å². The molecule has 0 saturated carbocycles. The van der Waals surface area contributed by atoms with Crippen molar-refractivity contribution >= 4 is 5.97 Å². The van der Waals surface area contributed by atoms with Gasteiger partial charge in [0.25, 0.3) is 0 Å². The number of rotatable bonds is 8. The van der Waals surface area contributed by atoms with Crippen LogP contribution in [0.25, 0.3) is 0 Å². The summed E-state index contributed by atoms with van der Waals surface area (Å²) in [5.74, 6) is -0.0162. The van der Waals surface area contributed by atoms with Gasteiger partial charge in [-0.1, -0.05) is 73.7 Å². The minimum Gasteiger partial charge on any atom is -0.488 e. The molecule has 0 fully saturated rings. The van der Waals surface area contributed by atoms with Crippen molar-refractivity contribution in [3.63, 3.8) is 0 Å². The number of carbonyl (C=O) groups excluding carboxylic acids is 1. The Morgan fingerprint density at radius 3 is 2.14 bits per heavy atom. The Morgan fingerprint density at radius 1 is 0.897 bits per heavy atom. The maximum atomic E-state index is 12.3. The molecular formula is C25H23NO3. The molecule has 146 valence electrons. The zero-order valence-electron chi connectivity index (χ0n) is 16.4. The Kier molecular flexibility index (Phi) is 7.02. The summed E-state index contributed by atoms with van der Waals surface area (Å²) in [6, 6.07) is 27.0. The minimum atomic E-state index is -0.304. The van der Waals surface area contributed by atoms with Crippen LogP contribution in [0.1, 0.15) is 29.2 Å². The molecule has 1 unspecified atom stereocenters. The molecule has 0 spiro atoms. The summed E-state index contributed by atoms with van der Waals surface area (Å²) in [5.41, 5.74) is 3.36. The molecule has 4 nitrogen and oxygen atoms in total. The molecule has 0 radical (unpaired) electrons. The van der Waals surface area contributed by atoms with Crippen molar-refractivity contribution < 1.29 is 14.3 Å². The molecule has 0 amide bonds. The highest BCUT2D eigenvalue weighted by Crippen LogP contribution is 2.22. The maximum absolute atomic E-state index is 12.3. The Bertz CT molecular complexity index is 978. The Morgan fingerprint density at radius 2 is 1.52 bits per heavy atom. The predicted octanol–water partition coefficient (Wildman–Crippen LogP) is 5.06. The van der Waals surface area contributed by atoms with Gasteiger partial charge in [0.2, 0.25) is 0 Å². The van der Waals surface area contributed by atoms with Gasteiger partial charge < -0.3 is 9.47 Å². The van der Waals surface area contributed by atoms with Crippen LogP contribution in [0.2, 0.25) is 0 Å². The molecule has 29 heavy (non-hydrogen) atoms. The second-order valence-electron chi connectivity index (χ2n) is 6.92. The summed E-state index contributed by atoms with van der Waals surface area (Å²) in [4.78, 5) is 12.3. The third-order valence-electron chi connectivity index (χ3n) is 4.57. The number of carbonyl (C=O) groups is 1. The van der Waals surface area contributed by atoms with Crippen LogP contribution in [-0.2, 0) is 29.2 Å². The highest BCUT2D eigenvalue weighted by molar-refractivity contribution is 5.72. The molecule has 0 aromatic heterocycles. The SMILES string of the molecule is CC(Cc1ccc(OCc2ccccc2)c(C#N)c1)C(=O)OCc1ccccc1. The smallest absolute Gasteiger partial charge is 0.309 e. The van der Waals surface area contributed by atoms with Gasteiger partial charge in [-0.15, -0.1) is 0 Å². The first-order valence-electron chi connectivity index (χ1n) is 9.56. The molecule has 0 aliphatic carbocycles. The fourth-order valence-electron chi connectivity index (χ4n) is 2.96. The minimum absolute atomic E-state index is 0.253. The van der Waals surface area contributed by atoms with Crippen molar-refractivity contribution in [3.05, 3.63) is 101 Å². The van der Waals surface area contributed by atoms with E-state index in [-0.39, 0.29) is 18.5 Å². The number of hydrogen-bond acceptors (Lipinski definition) is 4. The first-order valence-corrected chi connectivity index (χ1v) is 9.56. The lowest BCUT2D eigenvalue weighted by Gasteiger charge is -2.13. The molecule has 0 heterocycles. The summed E-state index contributed by atoms with van der Waals surface area (Å²) >= 11 is 0. The first-order chi connectivity index (χ1) is 14.2. The van der Waals surface area contributed by atoms with Gasteiger partial charge in [-0.3, -0.25) is 4.79 Å². The standard InChI is InChI=1S/C25H23NO3/c1-19(25(27)29-18-21-10-6-3-7-11-21)14-22-12-13-24(23(15-22)16-26)28-17-20-8-4-2-5-9-20/h2-13,15,19H,14,17-18H2,1H3. The fourth-order valence-corrected chi connectivity index (χ4v) is 2.96. The molecular weight excluding hydrogens is 362 g/mol. The third kappa shape index (κ3) is 5.95. The number of nitriles is 1. The van der Waals surface area contributed by atoms with Gasteiger partial charge >= 0.3 is 5.97 Å². The maximum Gasteiger partial charge on any atom is 0.309 e. The molecule has 3 aromatic carbocycles. The molecule has 0 N–H and O–H groups in total. The summed E-state index contributed by atoms with van der Waals surface area (Å²) in [6.07, 6.45) is 0.501. The Balaban J connectivity index is 1.57. The number of ether oxygens (including phenoxy) is 2. The largest absolute Gasteiger partial charge is 0.488 e. The molecule has 3 aromatic rings. The third-order valence-corrected chi connectivity index (χ3v) is 4.57. The van der Waals surface area contributed by atoms with Crippen LogP contribution in [0.3, 0.4) is 0 Å². The van der Waals surface area contributed by atoms with Crippen molar-refractivity contribution in [3.8, 4) is 11.8 Å². The zero-order valence-corrected chi connectivity index (χ0v) is 16.4. The van der Waals surface area contributed by atoms with Gasteiger partial charge in [0.15, 0.2) is 0 Å². The average Bonchev–Trinajstić information content (AvgIpc) is 2.77. The number of hydrogen-bond donors (Lipinski definition) is 0. The van der Waals surface area contributed by atoms with Crippen LogP contribution in [0.5, 0.6) is 5.75 Å². The monoisotopic (exact) mass is 385 g/mol. The number of nitrogens with zero attached hydrogens (tertiary/aromatic N) is 1. The van der Waals surface area contributed by atoms with Gasteiger partial charge in [0.05, 0.1) is 11.5 Å². The van der Waals surface area contributed by atoms with E-state index in [1.165, 1.54) is 0 Å². The normalized spacial score (nSPS) is 11.3. The second kappa shape index (κ2) is 10.1. The van der Waals surface area contributed by atoms with Crippen molar-refractivity contribution in [2.75, 3.05) is 0 Å². The zero-order chi connectivity index (χ0) is 20.5. The lowest BCUT2D eigenvalue weighted by atomic mass is 9.99. The van der Waals surface area contributed by atoms with E-state index in [0.29, 0.717) is 24.3 Å². The van der Waals surface area contributed by atoms with Crippen molar-refractivity contribution in [2.45, 2.75) is 26.6 Å². The van der Waals surface area contributed by atoms with Gasteiger partial charge in [-0.05, 0) is 35.2 Å². The van der Waals surface area contributed by atoms with Gasteiger partial charge in [-0.2, -0.15) is 5.26 Å². The predicted molar refractivity (Wildman–Crippen MR) is 111 cm³/mol. The number of esters is 1. The van der Waals surface area contributed by atoms with E-state index in [1.807, 2.05) is 73.7 Å². The summed E-state index contributed by atoms with van der Waals surface area (Å²) in [6.45, 7) is 2.50. The van der Waals surface area contributed by atoms with Crippen LogP contribution < -0.4 is 4.74 Å². The van der Waals surface area contributed by atoms with Crippen LogP contribution >= 0.6 is 0 Å². The summed E-state index contributed by atoms with van der Waals surface area (Å²) in [7, 11) is 0. The fraction of sp³-hybridized carbons (Fsp3) is 0.200. The molecule has 0 bridgehead atoms. The molecule has 0 aliphatic rings. The van der Waals surface area contributed by atoms with Crippen molar-refractivity contribution in [1.82, 2.24) is 0 Å². The van der Waals surface area contributed by atoms with Crippen LogP contribution in [0, 0.1) is 17.2 Å². The lowest BCUT2D eigenvalue weighted by molar-refractivity contribution is -0.149. The first kappa shape index (κ1) is 20.2. The van der Waals surface area contributed by atoms with Crippen LogP contribution in [-0.4, -0.2) is 5.97 Å². The summed E-state index contributed by atoms with van der Waals surface area (Å²) < 4.78 is 11.2. The topological polar surface area (TPSA) is 59.3 Å². The van der Waals surface area contributed by atoms with Crippen LogP contribution in [0.15, 0.2) is 78.9 Å². The van der Waals surface area contributed by atoms with E-state index in [2.05, 4.69) is 6.07 Å². The van der Waals surface area contributed by atoms with Gasteiger partial charge in [-0.25, -0.2) is 0 Å². The van der Waals surface area contributed by atoms with E-state index >= 15 is 0 Å². The van der Waals surface area contributed by atoms with E-state index in [1.54, 1.807) is 12.1 Å². The summed E-state index contributed by atoms with van der Waals surface area (Å²) in [5, 5.41) is 9.47. The molecule has 0 aliphatic heterocycles. The highest BCUT2D eigenvalue weighted by Gasteiger charge is 2.16. The van der Waals surface area contributed by atoms with Gasteiger partial charge in [0.1, 0.15) is 25.0 Å². The van der Waals surface area contributed by atoms with Crippen LogP contribution in [0.4, 0.5) is 0 Å². The highest BCUT2D eigenvalue weighted by atomic mass is 16.5. The van der Waals surface area contributed by atoms with E-state index in [0.717, 1.165) is 16.7 Å². The van der Waals surface area contributed by atoms with E-state index in [9.17, 15) is 10.1 Å². The lowest BCUT2D eigenvalue weighted by Crippen LogP contribution is -2.17. The molecule has 0 saturated heterocycles. The average molecular weight is 385 g/mol. The van der Waals surface area contributed by atoms with Crippen molar-refractivity contribution in [1.29, 1.82) is 5.26 Å². The Hall–Kier alpha value is -3.58. The van der Waals surface area contributed by atoms with Crippen molar-refractivity contribution in [2.24, 2.45) is 5.92 Å². The number of benzene rings is 3. The molecule has 4 heteroatoms. The second-order valence-corrected chi connectivity index (χ2v) is 6.92. The quantitative estimate of drug-likeness (QED) is 0.509. The molecule has 3 rings (SSSR count). The van der Waals surface area contributed by atoms with E-state index in [4.69, 9.17) is 9.47 Å². The van der Waals surface area contributed by atoms with E-state index < -0.39 is 0 Å². The Labute approximate surface area is 171 Å².